The lowest BCUT2D eigenvalue weighted by Gasteiger charge is -2.10. The van der Waals surface area contributed by atoms with Crippen molar-refractivity contribution in [2.45, 2.75) is 0 Å². The van der Waals surface area contributed by atoms with Gasteiger partial charge in [0.25, 0.3) is 0 Å². The number of benzene rings is 1. The summed E-state index contributed by atoms with van der Waals surface area (Å²) < 4.78 is 10.9. The Morgan fingerprint density at radius 3 is 2.71 bits per heavy atom. The second-order valence-corrected chi connectivity index (χ2v) is 3.45. The molecule has 1 rings (SSSR count). The van der Waals surface area contributed by atoms with E-state index in [2.05, 4.69) is 15.9 Å². The first-order valence-corrected chi connectivity index (χ1v) is 4.87. The first kappa shape index (κ1) is 11.1. The van der Waals surface area contributed by atoms with E-state index in [1.54, 1.807) is 6.07 Å². The summed E-state index contributed by atoms with van der Waals surface area (Å²) >= 11 is 3.26. The average Bonchev–Trinajstić information content (AvgIpc) is 2.17. The number of halogens is 1. The molecule has 5 heteroatoms. The number of nitrogens with two attached hydrogens (primary N) is 1. The molecule has 0 radical (unpaired) electrons. The van der Waals surface area contributed by atoms with Crippen molar-refractivity contribution in [2.75, 3.05) is 20.3 Å². The lowest BCUT2D eigenvalue weighted by molar-refractivity contribution is 0.319. The van der Waals surface area contributed by atoms with Gasteiger partial charge in [0.05, 0.1) is 11.6 Å². The molecule has 0 heterocycles. The Kier molecular flexibility index (Phi) is 4.03. The molecule has 3 N–H and O–H groups in total. The minimum atomic E-state index is 0.0690. The molecule has 1 aromatic carbocycles. The summed E-state index contributed by atoms with van der Waals surface area (Å²) in [4.78, 5) is 0. The Balaban J connectivity index is 2.92. The third kappa shape index (κ3) is 2.52. The molecule has 1 aromatic rings. The number of hydrogen-bond donors (Lipinski definition) is 2. The van der Waals surface area contributed by atoms with Crippen LogP contribution in [0.3, 0.4) is 0 Å². The van der Waals surface area contributed by atoms with Gasteiger partial charge in [0.1, 0.15) is 12.4 Å². The van der Waals surface area contributed by atoms with Gasteiger partial charge in [0.15, 0.2) is 11.5 Å². The molecule has 0 aliphatic carbocycles. The fourth-order valence-electron chi connectivity index (χ4n) is 0.967. The van der Waals surface area contributed by atoms with Crippen molar-refractivity contribution in [3.05, 3.63) is 16.6 Å². The maximum Gasteiger partial charge on any atom is 0.164 e. The van der Waals surface area contributed by atoms with Crippen LogP contribution in [0.15, 0.2) is 16.6 Å². The van der Waals surface area contributed by atoms with Gasteiger partial charge in [-0.15, -0.1) is 0 Å². The van der Waals surface area contributed by atoms with Crippen LogP contribution in [-0.4, -0.2) is 25.4 Å². The molecule has 0 unspecified atom stereocenters. The predicted molar refractivity (Wildman–Crippen MR) is 56.9 cm³/mol. The lowest BCUT2D eigenvalue weighted by Crippen LogP contribution is -2.10. The Morgan fingerprint density at radius 2 is 2.14 bits per heavy atom. The van der Waals surface area contributed by atoms with Crippen LogP contribution in [-0.2, 0) is 0 Å². The second kappa shape index (κ2) is 5.07. The fraction of sp³-hybridized carbons (Fsp3) is 0.333. The number of aromatic hydroxyl groups is 1. The predicted octanol–water partition coefficient (Wildman–Crippen LogP) is 1.50. The summed E-state index contributed by atoms with van der Waals surface area (Å²) in [5, 5.41) is 9.41. The molecule has 0 atom stereocenters. The van der Waals surface area contributed by atoms with E-state index >= 15 is 0 Å². The van der Waals surface area contributed by atoms with Gasteiger partial charge in [-0.25, -0.2) is 0 Å². The summed E-state index contributed by atoms with van der Waals surface area (Å²) in [5.41, 5.74) is 5.31. The van der Waals surface area contributed by atoms with Gasteiger partial charge in [-0.3, -0.25) is 0 Å². The van der Waals surface area contributed by atoms with Crippen LogP contribution in [0.1, 0.15) is 0 Å². The molecule has 0 spiro atoms. The monoisotopic (exact) mass is 261 g/mol. The van der Waals surface area contributed by atoms with Crippen molar-refractivity contribution < 1.29 is 14.6 Å². The maximum atomic E-state index is 9.41. The average molecular weight is 262 g/mol. The minimum Gasteiger partial charge on any atom is -0.504 e. The first-order valence-electron chi connectivity index (χ1n) is 4.08. The zero-order valence-corrected chi connectivity index (χ0v) is 9.37. The fourth-order valence-corrected chi connectivity index (χ4v) is 1.41. The quantitative estimate of drug-likeness (QED) is 0.863. The molecule has 0 bridgehead atoms. The Bertz CT molecular complexity index is 317. The number of ether oxygens (including phenoxy) is 2. The number of phenolic OH excluding ortho intramolecular Hbond substituents is 1. The van der Waals surface area contributed by atoms with Crippen molar-refractivity contribution in [1.29, 1.82) is 0 Å². The SMILES string of the molecule is COc1cc(OCCN)c(Br)cc1O. The summed E-state index contributed by atoms with van der Waals surface area (Å²) in [5.74, 6) is 1.05. The van der Waals surface area contributed by atoms with E-state index in [0.717, 1.165) is 0 Å². The van der Waals surface area contributed by atoms with Crippen molar-refractivity contribution >= 4 is 15.9 Å². The number of rotatable bonds is 4. The first-order chi connectivity index (χ1) is 6.69. The van der Waals surface area contributed by atoms with Crippen molar-refractivity contribution in [3.8, 4) is 17.2 Å². The molecule has 0 amide bonds. The topological polar surface area (TPSA) is 64.7 Å². The van der Waals surface area contributed by atoms with Gasteiger partial charge >= 0.3 is 0 Å². The minimum absolute atomic E-state index is 0.0690. The van der Waals surface area contributed by atoms with E-state index in [4.69, 9.17) is 15.2 Å². The largest absolute Gasteiger partial charge is 0.504 e. The van der Waals surface area contributed by atoms with Crippen molar-refractivity contribution in [3.63, 3.8) is 0 Å². The van der Waals surface area contributed by atoms with Gasteiger partial charge in [0, 0.05) is 18.7 Å². The zero-order chi connectivity index (χ0) is 10.6. The van der Waals surface area contributed by atoms with Gasteiger partial charge in [-0.2, -0.15) is 0 Å². The van der Waals surface area contributed by atoms with Crippen LogP contribution in [0, 0.1) is 0 Å². The lowest BCUT2D eigenvalue weighted by atomic mass is 10.3. The highest BCUT2D eigenvalue weighted by Gasteiger charge is 2.08. The molecular formula is C9H12BrNO3. The van der Waals surface area contributed by atoms with Gasteiger partial charge in [-0.05, 0) is 15.9 Å². The van der Waals surface area contributed by atoms with E-state index < -0.39 is 0 Å². The van der Waals surface area contributed by atoms with Gasteiger partial charge < -0.3 is 20.3 Å². The number of hydrogen-bond acceptors (Lipinski definition) is 4. The van der Waals surface area contributed by atoms with E-state index in [1.807, 2.05) is 0 Å². The van der Waals surface area contributed by atoms with Gasteiger partial charge in [-0.1, -0.05) is 0 Å². The van der Waals surface area contributed by atoms with E-state index in [9.17, 15) is 5.11 Å². The standard InChI is InChI=1S/C9H12BrNO3/c1-13-9-5-8(14-3-2-11)6(10)4-7(9)12/h4-5,12H,2-3,11H2,1H3. The highest BCUT2D eigenvalue weighted by molar-refractivity contribution is 9.10. The molecule has 0 aliphatic heterocycles. The third-order valence-corrected chi connectivity index (χ3v) is 2.23. The third-order valence-electron chi connectivity index (χ3n) is 1.61. The smallest absolute Gasteiger partial charge is 0.164 e. The maximum absolute atomic E-state index is 9.41. The molecule has 0 aliphatic rings. The Hall–Kier alpha value is -0.940. The molecule has 0 fully saturated rings. The number of methoxy groups -OCH3 is 1. The number of phenols is 1. The van der Waals surface area contributed by atoms with Crippen LogP contribution >= 0.6 is 15.9 Å². The molecule has 0 saturated carbocycles. The van der Waals surface area contributed by atoms with Crippen molar-refractivity contribution in [1.82, 2.24) is 0 Å². The molecule has 78 valence electrons. The summed E-state index contributed by atoms with van der Waals surface area (Å²) in [6, 6.07) is 3.12. The van der Waals surface area contributed by atoms with Crippen LogP contribution in [0.4, 0.5) is 0 Å². The normalized spacial score (nSPS) is 9.93. The Labute approximate surface area is 90.8 Å². The molecule has 4 nitrogen and oxygen atoms in total. The summed E-state index contributed by atoms with van der Waals surface area (Å²) in [6.45, 7) is 0.863. The summed E-state index contributed by atoms with van der Waals surface area (Å²) in [6.07, 6.45) is 0. The Morgan fingerprint density at radius 1 is 1.43 bits per heavy atom. The van der Waals surface area contributed by atoms with Crippen molar-refractivity contribution in [2.24, 2.45) is 5.73 Å². The summed E-state index contributed by atoms with van der Waals surface area (Å²) in [7, 11) is 1.48. The second-order valence-electron chi connectivity index (χ2n) is 2.59. The molecular weight excluding hydrogens is 250 g/mol. The van der Waals surface area contributed by atoms with Crippen LogP contribution < -0.4 is 15.2 Å². The van der Waals surface area contributed by atoms with Crippen LogP contribution in [0.25, 0.3) is 0 Å². The van der Waals surface area contributed by atoms with Crippen LogP contribution in [0.2, 0.25) is 0 Å². The molecule has 0 saturated heterocycles. The van der Waals surface area contributed by atoms with Gasteiger partial charge in [0.2, 0.25) is 0 Å². The van der Waals surface area contributed by atoms with E-state index in [-0.39, 0.29) is 5.75 Å². The van der Waals surface area contributed by atoms with E-state index in [0.29, 0.717) is 29.1 Å². The molecule has 0 aromatic heterocycles. The van der Waals surface area contributed by atoms with Crippen LogP contribution in [0.5, 0.6) is 17.2 Å². The highest BCUT2D eigenvalue weighted by Crippen LogP contribution is 2.36. The highest BCUT2D eigenvalue weighted by atomic mass is 79.9. The van der Waals surface area contributed by atoms with E-state index in [1.165, 1.54) is 13.2 Å². The zero-order valence-electron chi connectivity index (χ0n) is 7.79. The molecule has 14 heavy (non-hydrogen) atoms.